The molecule has 5 N–H and O–H groups in total. The van der Waals surface area contributed by atoms with Crippen LogP contribution in [0.2, 0.25) is 0 Å². The molecule has 0 saturated heterocycles. The van der Waals surface area contributed by atoms with Crippen LogP contribution in [0.4, 0.5) is 41.9 Å². The average molecular weight is 674 g/mol. The average Bonchev–Trinajstić information content (AvgIpc) is 3.05. The number of hydrogen-bond acceptors (Lipinski definition) is 7. The van der Waals surface area contributed by atoms with Crippen molar-refractivity contribution in [3.63, 3.8) is 0 Å². The van der Waals surface area contributed by atoms with Crippen LogP contribution in [-0.2, 0) is 15.8 Å². The van der Waals surface area contributed by atoms with Gasteiger partial charge >= 0.3 is 6.18 Å². The van der Waals surface area contributed by atoms with E-state index < -0.39 is 35.5 Å². The van der Waals surface area contributed by atoms with Gasteiger partial charge in [0.05, 0.1) is 23.6 Å². The third-order valence-electron chi connectivity index (χ3n) is 7.01. The molecule has 1 atom stereocenters. The van der Waals surface area contributed by atoms with Gasteiger partial charge < -0.3 is 26.6 Å². The Morgan fingerprint density at radius 3 is 2.14 bits per heavy atom. The first-order chi connectivity index (χ1) is 23.2. The molecule has 0 saturated carbocycles. The standard InChI is InChI=1S/C35H34F3N7O4/c1-5-30(46)45-29(14-20(2)3)33(49)42-24-10-7-11-25(16-24)44-34-39-18-27(19-40-34)43-32(48)28-17-26(13-12-21(28)4)41-31(47)22-8-6-9-23(15-22)35(36,37)38/h5-13,15-20,29H,1,14H2,2-4H3,(H,41,47)(H,42,49)(H,43,48)(H,45,46)(H,39,40,44)/t29-/m1/s1. The van der Waals surface area contributed by atoms with Gasteiger partial charge in [0, 0.05) is 28.2 Å². The molecule has 3 aromatic carbocycles. The molecule has 0 aliphatic heterocycles. The molecule has 0 spiro atoms. The van der Waals surface area contributed by atoms with E-state index in [1.165, 1.54) is 30.6 Å². The molecule has 49 heavy (non-hydrogen) atoms. The second kappa shape index (κ2) is 15.7. The summed E-state index contributed by atoms with van der Waals surface area (Å²) in [6.45, 7) is 9.00. The molecule has 11 nitrogen and oxygen atoms in total. The first-order valence-corrected chi connectivity index (χ1v) is 15.1. The molecule has 0 fully saturated rings. The molecule has 1 aromatic heterocycles. The van der Waals surface area contributed by atoms with Crippen molar-refractivity contribution in [1.82, 2.24) is 15.3 Å². The van der Waals surface area contributed by atoms with Crippen molar-refractivity contribution in [1.29, 1.82) is 0 Å². The minimum atomic E-state index is -4.60. The second-order valence-corrected chi connectivity index (χ2v) is 11.4. The predicted molar refractivity (Wildman–Crippen MR) is 180 cm³/mol. The number of carbonyl (C=O) groups is 4. The van der Waals surface area contributed by atoms with Gasteiger partial charge in [0.15, 0.2) is 0 Å². The van der Waals surface area contributed by atoms with Crippen LogP contribution in [0, 0.1) is 12.8 Å². The third-order valence-corrected chi connectivity index (χ3v) is 7.01. The Kier molecular flexibility index (Phi) is 11.5. The highest BCUT2D eigenvalue weighted by atomic mass is 19.4. The van der Waals surface area contributed by atoms with Crippen molar-refractivity contribution in [2.24, 2.45) is 5.92 Å². The van der Waals surface area contributed by atoms with Crippen LogP contribution < -0.4 is 26.6 Å². The zero-order valence-electron chi connectivity index (χ0n) is 26.8. The van der Waals surface area contributed by atoms with E-state index in [1.54, 1.807) is 37.3 Å². The molecule has 0 aliphatic rings. The number of alkyl halides is 3. The Bertz CT molecular complexity index is 1860. The summed E-state index contributed by atoms with van der Waals surface area (Å²) in [6.07, 6.45) is -0.292. The van der Waals surface area contributed by atoms with Gasteiger partial charge in [-0.1, -0.05) is 38.6 Å². The smallest absolute Gasteiger partial charge is 0.341 e. The SMILES string of the molecule is C=CC(=O)N[C@H](CC(C)C)C(=O)Nc1cccc(Nc2ncc(NC(=O)c3cc(NC(=O)c4cccc(C(F)(F)F)c4)ccc3C)cn2)c1. The Hall–Kier alpha value is -6.05. The van der Waals surface area contributed by atoms with Crippen molar-refractivity contribution in [2.75, 3.05) is 21.3 Å². The molecule has 1 heterocycles. The summed E-state index contributed by atoms with van der Waals surface area (Å²) in [5.74, 6) is -1.76. The predicted octanol–water partition coefficient (Wildman–Crippen LogP) is 6.71. The monoisotopic (exact) mass is 673 g/mol. The molecule has 4 aromatic rings. The van der Waals surface area contributed by atoms with E-state index in [4.69, 9.17) is 0 Å². The van der Waals surface area contributed by atoms with E-state index in [0.29, 0.717) is 23.4 Å². The molecule has 4 rings (SSSR count). The van der Waals surface area contributed by atoms with Crippen LogP contribution in [-0.4, -0.2) is 39.6 Å². The van der Waals surface area contributed by atoms with Crippen molar-refractivity contribution in [2.45, 2.75) is 39.4 Å². The molecular formula is C35H34F3N7O4. The zero-order chi connectivity index (χ0) is 35.7. The highest BCUT2D eigenvalue weighted by Gasteiger charge is 2.31. The van der Waals surface area contributed by atoms with E-state index in [1.807, 2.05) is 13.8 Å². The Morgan fingerprint density at radius 1 is 0.816 bits per heavy atom. The van der Waals surface area contributed by atoms with Gasteiger partial charge in [0.25, 0.3) is 11.8 Å². The van der Waals surface area contributed by atoms with E-state index in [2.05, 4.69) is 43.1 Å². The molecule has 4 amide bonds. The number of nitrogens with zero attached hydrogens (tertiary/aromatic N) is 2. The quantitative estimate of drug-likeness (QED) is 0.105. The summed E-state index contributed by atoms with van der Waals surface area (Å²) in [4.78, 5) is 58.9. The summed E-state index contributed by atoms with van der Waals surface area (Å²) in [5, 5.41) is 13.7. The van der Waals surface area contributed by atoms with Crippen LogP contribution in [0.5, 0.6) is 0 Å². The largest absolute Gasteiger partial charge is 0.416 e. The van der Waals surface area contributed by atoms with Crippen molar-refractivity contribution < 1.29 is 32.3 Å². The van der Waals surface area contributed by atoms with E-state index >= 15 is 0 Å². The molecule has 0 radical (unpaired) electrons. The van der Waals surface area contributed by atoms with Gasteiger partial charge in [-0.2, -0.15) is 13.2 Å². The number of rotatable bonds is 12. The number of amides is 4. The molecule has 254 valence electrons. The van der Waals surface area contributed by atoms with Gasteiger partial charge in [-0.05, 0) is 79.4 Å². The van der Waals surface area contributed by atoms with Gasteiger partial charge in [-0.15, -0.1) is 0 Å². The van der Waals surface area contributed by atoms with E-state index in [9.17, 15) is 32.3 Å². The van der Waals surface area contributed by atoms with Crippen LogP contribution in [0.15, 0.2) is 91.8 Å². The molecule has 0 unspecified atom stereocenters. The number of anilines is 5. The lowest BCUT2D eigenvalue weighted by molar-refractivity contribution is -0.137. The third kappa shape index (κ3) is 10.2. The fourth-order valence-corrected chi connectivity index (χ4v) is 4.61. The topological polar surface area (TPSA) is 154 Å². The van der Waals surface area contributed by atoms with Gasteiger partial charge in [-0.25, -0.2) is 9.97 Å². The maximum atomic E-state index is 13.1. The van der Waals surface area contributed by atoms with Crippen molar-refractivity contribution in [3.05, 3.63) is 114 Å². The molecular weight excluding hydrogens is 639 g/mol. The van der Waals surface area contributed by atoms with Crippen LogP contribution in [0.25, 0.3) is 0 Å². The van der Waals surface area contributed by atoms with Gasteiger partial charge in [-0.3, -0.25) is 19.2 Å². The van der Waals surface area contributed by atoms with Crippen molar-refractivity contribution >= 4 is 52.3 Å². The Labute approximate surface area is 280 Å². The fraction of sp³-hybridized carbons (Fsp3) is 0.200. The van der Waals surface area contributed by atoms with Crippen LogP contribution in [0.3, 0.4) is 0 Å². The number of halogens is 3. The number of hydrogen-bond donors (Lipinski definition) is 5. The minimum Gasteiger partial charge on any atom is -0.341 e. The highest BCUT2D eigenvalue weighted by molar-refractivity contribution is 6.08. The Balaban J connectivity index is 1.38. The minimum absolute atomic E-state index is 0.154. The lowest BCUT2D eigenvalue weighted by atomic mass is 10.0. The molecule has 0 aliphatic carbocycles. The maximum absolute atomic E-state index is 13.1. The summed E-state index contributed by atoms with van der Waals surface area (Å²) in [5.41, 5.74) is 1.17. The van der Waals surface area contributed by atoms with Crippen molar-refractivity contribution in [3.8, 4) is 0 Å². The van der Waals surface area contributed by atoms with Crippen LogP contribution >= 0.6 is 0 Å². The summed E-state index contributed by atoms with van der Waals surface area (Å²) in [7, 11) is 0. The number of aromatic nitrogens is 2. The van der Waals surface area contributed by atoms with Gasteiger partial charge in [0.1, 0.15) is 6.04 Å². The van der Waals surface area contributed by atoms with Crippen LogP contribution in [0.1, 0.15) is 52.1 Å². The van der Waals surface area contributed by atoms with E-state index in [-0.39, 0.29) is 40.3 Å². The number of benzene rings is 3. The molecule has 14 heteroatoms. The normalized spacial score (nSPS) is 11.7. The first-order valence-electron chi connectivity index (χ1n) is 15.1. The number of aryl methyl sites for hydroxylation is 1. The second-order valence-electron chi connectivity index (χ2n) is 11.4. The highest BCUT2D eigenvalue weighted by Crippen LogP contribution is 2.30. The van der Waals surface area contributed by atoms with Gasteiger partial charge in [0.2, 0.25) is 17.8 Å². The lowest BCUT2D eigenvalue weighted by Gasteiger charge is -2.19. The Morgan fingerprint density at radius 2 is 1.47 bits per heavy atom. The number of carbonyl (C=O) groups excluding carboxylic acids is 4. The number of nitrogens with one attached hydrogen (secondary N) is 5. The lowest BCUT2D eigenvalue weighted by Crippen LogP contribution is -2.44. The summed E-state index contributed by atoms with van der Waals surface area (Å²) < 4.78 is 39.2. The summed E-state index contributed by atoms with van der Waals surface area (Å²) >= 11 is 0. The first kappa shape index (κ1) is 35.8. The zero-order valence-corrected chi connectivity index (χ0v) is 26.8. The summed E-state index contributed by atoms with van der Waals surface area (Å²) in [6, 6.07) is 14.6. The molecule has 0 bridgehead atoms. The maximum Gasteiger partial charge on any atom is 0.416 e. The van der Waals surface area contributed by atoms with E-state index in [0.717, 1.165) is 24.3 Å². The fourth-order valence-electron chi connectivity index (χ4n) is 4.61.